The Morgan fingerprint density at radius 3 is 2.62 bits per heavy atom. The van der Waals surface area contributed by atoms with Crippen LogP contribution in [0.2, 0.25) is 0 Å². The van der Waals surface area contributed by atoms with Gasteiger partial charge in [0.25, 0.3) is 0 Å². The first-order valence-corrected chi connectivity index (χ1v) is 7.76. The van der Waals surface area contributed by atoms with E-state index in [1.54, 1.807) is 24.3 Å². The quantitative estimate of drug-likeness (QED) is 0.272. The first-order valence-electron chi connectivity index (χ1n) is 7.76. The normalized spacial score (nSPS) is 12.9. The summed E-state index contributed by atoms with van der Waals surface area (Å²) in [6, 6.07) is 7.96. The van der Waals surface area contributed by atoms with Crippen LogP contribution < -0.4 is 11.1 Å². The monoisotopic (exact) mass is 337 g/mol. The van der Waals surface area contributed by atoms with Crippen LogP contribution in [-0.4, -0.2) is 37.5 Å². The van der Waals surface area contributed by atoms with Crippen molar-refractivity contribution in [1.29, 1.82) is 0 Å². The van der Waals surface area contributed by atoms with Gasteiger partial charge in [0.15, 0.2) is 0 Å². The van der Waals surface area contributed by atoms with Crippen molar-refractivity contribution >= 4 is 11.9 Å². The molecule has 1 aromatic carbocycles. The van der Waals surface area contributed by atoms with Crippen molar-refractivity contribution in [1.82, 2.24) is 5.32 Å². The van der Waals surface area contributed by atoms with Crippen LogP contribution >= 0.6 is 0 Å². The Balaban J connectivity index is 2.05. The van der Waals surface area contributed by atoms with Crippen LogP contribution in [0.1, 0.15) is 36.5 Å². The van der Waals surface area contributed by atoms with E-state index in [0.717, 1.165) is 6.42 Å². The summed E-state index contributed by atoms with van der Waals surface area (Å²) in [4.78, 5) is 33.3. The van der Waals surface area contributed by atoms with Gasteiger partial charge in [0.1, 0.15) is 12.8 Å². The highest BCUT2D eigenvalue weighted by Gasteiger charge is 2.17. The standard InChI is InChI=1S/C16H23N3O5/c1-12(19-22)24-16(21)14(17)9-5-6-10-18-11-23-15(20)13-7-3-2-4-8-13/h2-4,7-8,12,14,18H,5-6,9-11,17H2,1H3/t12?,14-/m0/s1. The molecule has 1 aromatic rings. The second-order valence-electron chi connectivity index (χ2n) is 5.19. The first kappa shape index (κ1) is 19.7. The van der Waals surface area contributed by atoms with E-state index < -0.39 is 18.2 Å². The van der Waals surface area contributed by atoms with Crippen LogP contribution in [0.5, 0.6) is 0 Å². The zero-order valence-corrected chi connectivity index (χ0v) is 13.6. The molecule has 3 N–H and O–H groups in total. The summed E-state index contributed by atoms with van der Waals surface area (Å²) in [7, 11) is 0. The molecule has 0 radical (unpaired) electrons. The molecule has 0 heterocycles. The van der Waals surface area contributed by atoms with Crippen LogP contribution in [0.3, 0.4) is 0 Å². The van der Waals surface area contributed by atoms with Gasteiger partial charge < -0.3 is 15.2 Å². The first-order chi connectivity index (χ1) is 11.5. The lowest BCUT2D eigenvalue weighted by molar-refractivity contribution is -0.149. The third kappa shape index (κ3) is 7.80. The molecular weight excluding hydrogens is 314 g/mol. The lowest BCUT2D eigenvalue weighted by atomic mass is 10.1. The molecule has 1 rings (SSSR count). The van der Waals surface area contributed by atoms with E-state index in [4.69, 9.17) is 15.2 Å². The zero-order chi connectivity index (χ0) is 17.8. The van der Waals surface area contributed by atoms with Crippen LogP contribution in [0.15, 0.2) is 35.5 Å². The Kier molecular flexibility index (Phi) is 9.25. The molecule has 0 aliphatic rings. The molecule has 0 spiro atoms. The van der Waals surface area contributed by atoms with E-state index in [1.165, 1.54) is 6.92 Å². The number of esters is 2. The predicted molar refractivity (Wildman–Crippen MR) is 87.9 cm³/mol. The highest BCUT2D eigenvalue weighted by Crippen LogP contribution is 2.03. The van der Waals surface area contributed by atoms with Gasteiger partial charge in [0, 0.05) is 0 Å². The van der Waals surface area contributed by atoms with E-state index in [-0.39, 0.29) is 12.7 Å². The number of ether oxygens (including phenoxy) is 2. The average molecular weight is 337 g/mol. The van der Waals surface area contributed by atoms with Gasteiger partial charge in [-0.3, -0.25) is 10.1 Å². The number of hydrogen-bond acceptors (Lipinski definition) is 8. The minimum absolute atomic E-state index is 0.115. The van der Waals surface area contributed by atoms with Gasteiger partial charge in [0.05, 0.1) is 5.56 Å². The molecule has 132 valence electrons. The molecule has 0 saturated carbocycles. The highest BCUT2D eigenvalue weighted by atomic mass is 16.6. The molecule has 0 aromatic heterocycles. The predicted octanol–water partition coefficient (Wildman–Crippen LogP) is 1.54. The molecule has 1 unspecified atom stereocenters. The Morgan fingerprint density at radius 1 is 1.25 bits per heavy atom. The summed E-state index contributed by atoms with van der Waals surface area (Å²) in [5.41, 5.74) is 6.16. The van der Waals surface area contributed by atoms with Crippen molar-refractivity contribution in [2.24, 2.45) is 10.9 Å². The fourth-order valence-corrected chi connectivity index (χ4v) is 1.86. The van der Waals surface area contributed by atoms with Gasteiger partial charge in [-0.2, -0.15) is 0 Å². The maximum atomic E-state index is 11.7. The fourth-order valence-electron chi connectivity index (χ4n) is 1.86. The maximum Gasteiger partial charge on any atom is 0.339 e. The van der Waals surface area contributed by atoms with Crippen LogP contribution in [0.4, 0.5) is 0 Å². The van der Waals surface area contributed by atoms with Crippen molar-refractivity contribution in [3.63, 3.8) is 0 Å². The molecule has 0 bridgehead atoms. The molecule has 8 heteroatoms. The Bertz CT molecular complexity index is 524. The second-order valence-corrected chi connectivity index (χ2v) is 5.19. The number of unbranched alkanes of at least 4 members (excludes halogenated alkanes) is 1. The van der Waals surface area contributed by atoms with Crippen LogP contribution in [0.25, 0.3) is 0 Å². The zero-order valence-electron chi connectivity index (χ0n) is 13.6. The number of carbonyl (C=O) groups is 2. The van der Waals surface area contributed by atoms with E-state index in [1.807, 2.05) is 6.07 Å². The third-order valence-electron chi connectivity index (χ3n) is 3.17. The molecule has 8 nitrogen and oxygen atoms in total. The second kappa shape index (κ2) is 11.3. The minimum Gasteiger partial charge on any atom is -0.446 e. The number of carbonyl (C=O) groups excluding carboxylic acids is 2. The number of nitrogens with zero attached hydrogens (tertiary/aromatic N) is 1. The molecule has 0 aliphatic carbocycles. The Labute approximate surface area is 140 Å². The van der Waals surface area contributed by atoms with Gasteiger partial charge in [-0.1, -0.05) is 24.6 Å². The van der Waals surface area contributed by atoms with E-state index in [2.05, 4.69) is 10.5 Å². The lowest BCUT2D eigenvalue weighted by Crippen LogP contribution is -2.34. The molecular formula is C16H23N3O5. The van der Waals surface area contributed by atoms with Crippen molar-refractivity contribution in [2.45, 2.75) is 38.5 Å². The lowest BCUT2D eigenvalue weighted by Gasteiger charge is -2.12. The molecule has 0 amide bonds. The van der Waals surface area contributed by atoms with E-state index in [9.17, 15) is 14.5 Å². The number of nitrogens with two attached hydrogens (primary N) is 1. The summed E-state index contributed by atoms with van der Waals surface area (Å²) in [6.45, 7) is 2.11. The molecule has 0 aliphatic heterocycles. The summed E-state index contributed by atoms with van der Waals surface area (Å²) in [5.74, 6) is -1.02. The molecule has 2 atom stereocenters. The van der Waals surface area contributed by atoms with E-state index >= 15 is 0 Å². The van der Waals surface area contributed by atoms with Gasteiger partial charge in [-0.05, 0) is 43.6 Å². The van der Waals surface area contributed by atoms with Crippen LogP contribution in [-0.2, 0) is 14.3 Å². The molecule has 24 heavy (non-hydrogen) atoms. The van der Waals surface area contributed by atoms with Crippen LogP contribution in [0, 0.1) is 4.91 Å². The summed E-state index contributed by atoms with van der Waals surface area (Å²) < 4.78 is 9.77. The van der Waals surface area contributed by atoms with Crippen molar-refractivity contribution in [2.75, 3.05) is 13.3 Å². The molecule has 0 fully saturated rings. The molecule has 0 saturated heterocycles. The van der Waals surface area contributed by atoms with Crippen molar-refractivity contribution in [3.05, 3.63) is 40.8 Å². The Morgan fingerprint density at radius 2 is 1.96 bits per heavy atom. The Hall–Kier alpha value is -2.32. The fraction of sp³-hybridized carbons (Fsp3) is 0.500. The topological polar surface area (TPSA) is 120 Å². The number of rotatable bonds is 11. The number of hydrogen-bond donors (Lipinski definition) is 2. The van der Waals surface area contributed by atoms with E-state index in [0.29, 0.717) is 24.9 Å². The number of nitrogens with one attached hydrogen (secondary N) is 1. The van der Waals surface area contributed by atoms with Gasteiger partial charge in [-0.15, -0.1) is 4.91 Å². The van der Waals surface area contributed by atoms with Crippen molar-refractivity contribution in [3.8, 4) is 0 Å². The summed E-state index contributed by atoms with van der Waals surface area (Å²) >= 11 is 0. The average Bonchev–Trinajstić information content (AvgIpc) is 2.60. The summed E-state index contributed by atoms with van der Waals surface area (Å²) in [5, 5.41) is 5.55. The SMILES string of the molecule is CC(N=O)OC(=O)[C@@H](N)CCCCNCOC(=O)c1ccccc1. The van der Waals surface area contributed by atoms with Gasteiger partial charge in [-0.25, -0.2) is 4.79 Å². The minimum atomic E-state index is -1.02. The smallest absolute Gasteiger partial charge is 0.339 e. The highest BCUT2D eigenvalue weighted by molar-refractivity contribution is 5.89. The van der Waals surface area contributed by atoms with Gasteiger partial charge in [0.2, 0.25) is 6.23 Å². The maximum absolute atomic E-state index is 11.7. The largest absolute Gasteiger partial charge is 0.446 e. The van der Waals surface area contributed by atoms with Gasteiger partial charge >= 0.3 is 11.9 Å². The van der Waals surface area contributed by atoms with Crippen molar-refractivity contribution < 1.29 is 19.1 Å². The number of benzene rings is 1. The third-order valence-corrected chi connectivity index (χ3v) is 3.17. The number of nitroso groups, excluding NO2 is 1. The summed E-state index contributed by atoms with van der Waals surface area (Å²) in [6.07, 6.45) is 0.865.